The molecule has 21 heavy (non-hydrogen) atoms. The summed E-state index contributed by atoms with van der Waals surface area (Å²) >= 11 is 3.39. The Hall–Kier alpha value is -2.55. The first kappa shape index (κ1) is 13.4. The van der Waals surface area contributed by atoms with E-state index in [9.17, 15) is 14.9 Å². The lowest BCUT2D eigenvalue weighted by atomic mass is 10.2. The fraction of sp³-hybridized carbons (Fsp3) is 0.0833. The van der Waals surface area contributed by atoms with Crippen molar-refractivity contribution in [3.63, 3.8) is 0 Å². The Kier molecular flexibility index (Phi) is 3.26. The molecule has 0 aliphatic heterocycles. The predicted molar refractivity (Wildman–Crippen MR) is 79.3 cm³/mol. The summed E-state index contributed by atoms with van der Waals surface area (Å²) in [5.41, 5.74) is 1.80. The number of hydrogen-bond donors (Lipinski definition) is 3. The molecule has 0 unspecified atom stereocenters. The smallest absolute Gasteiger partial charge is 0.404 e. The number of anilines is 1. The van der Waals surface area contributed by atoms with E-state index in [0.717, 1.165) is 10.2 Å². The van der Waals surface area contributed by atoms with Gasteiger partial charge in [0.2, 0.25) is 0 Å². The Morgan fingerprint density at radius 3 is 2.67 bits per heavy atom. The van der Waals surface area contributed by atoms with Gasteiger partial charge in [0.25, 0.3) is 0 Å². The summed E-state index contributed by atoms with van der Waals surface area (Å²) in [5.74, 6) is 0.146. The SMILES string of the molecule is O=c1[nH]c2cc(Br)c(NCc3ccc([N+](=O)[O-])o3)cc2[nH]1. The Bertz CT molecular complexity index is 879. The van der Waals surface area contributed by atoms with E-state index >= 15 is 0 Å². The standard InChI is InChI=1S/C12H9BrN4O4/c13-7-3-9-10(16-12(18)15-9)4-8(7)14-5-6-1-2-11(21-6)17(19)20/h1-4,14H,5H2,(H2,15,16,18). The summed E-state index contributed by atoms with van der Waals surface area (Å²) in [6, 6.07) is 6.36. The molecule has 0 saturated heterocycles. The van der Waals surface area contributed by atoms with Crippen molar-refractivity contribution in [1.82, 2.24) is 9.97 Å². The zero-order valence-corrected chi connectivity index (χ0v) is 12.1. The summed E-state index contributed by atoms with van der Waals surface area (Å²) in [6.45, 7) is 0.284. The highest BCUT2D eigenvalue weighted by molar-refractivity contribution is 9.10. The third-order valence-electron chi connectivity index (χ3n) is 2.88. The molecule has 0 amide bonds. The Morgan fingerprint density at radius 1 is 1.29 bits per heavy atom. The van der Waals surface area contributed by atoms with Crippen molar-refractivity contribution < 1.29 is 9.34 Å². The van der Waals surface area contributed by atoms with Crippen LogP contribution >= 0.6 is 15.9 Å². The molecule has 108 valence electrons. The molecule has 3 aromatic rings. The van der Waals surface area contributed by atoms with Crippen molar-refractivity contribution in [1.29, 1.82) is 0 Å². The minimum absolute atomic E-state index is 0.282. The number of aromatic nitrogens is 2. The predicted octanol–water partition coefficient (Wildman–Crippen LogP) is 2.73. The molecule has 0 aliphatic rings. The van der Waals surface area contributed by atoms with Gasteiger partial charge in [-0.05, 0) is 34.1 Å². The number of halogens is 1. The zero-order chi connectivity index (χ0) is 15.0. The molecule has 2 heterocycles. The van der Waals surface area contributed by atoms with E-state index in [1.807, 2.05) is 0 Å². The normalized spacial score (nSPS) is 10.9. The fourth-order valence-electron chi connectivity index (χ4n) is 1.93. The zero-order valence-electron chi connectivity index (χ0n) is 10.5. The van der Waals surface area contributed by atoms with Crippen LogP contribution in [0, 0.1) is 10.1 Å². The van der Waals surface area contributed by atoms with Gasteiger partial charge < -0.3 is 19.7 Å². The first-order valence-corrected chi connectivity index (χ1v) is 6.71. The summed E-state index contributed by atoms with van der Waals surface area (Å²) in [4.78, 5) is 26.5. The van der Waals surface area contributed by atoms with Crippen LogP contribution < -0.4 is 11.0 Å². The van der Waals surface area contributed by atoms with Crippen LogP contribution in [0.5, 0.6) is 0 Å². The number of imidazole rings is 1. The average Bonchev–Trinajstić information content (AvgIpc) is 3.01. The van der Waals surface area contributed by atoms with E-state index in [-0.39, 0.29) is 18.1 Å². The first-order valence-electron chi connectivity index (χ1n) is 5.91. The van der Waals surface area contributed by atoms with Crippen molar-refractivity contribution in [2.45, 2.75) is 6.54 Å². The number of nitrogens with one attached hydrogen (secondary N) is 3. The molecule has 9 heteroatoms. The van der Waals surface area contributed by atoms with Gasteiger partial charge in [0, 0.05) is 4.47 Å². The topological polar surface area (TPSA) is 117 Å². The number of aromatic amines is 2. The molecule has 0 spiro atoms. The van der Waals surface area contributed by atoms with Crippen LogP contribution in [-0.4, -0.2) is 14.9 Å². The number of fused-ring (bicyclic) bond motifs is 1. The maximum atomic E-state index is 11.2. The maximum Gasteiger partial charge on any atom is 0.433 e. The minimum atomic E-state index is -0.587. The Balaban J connectivity index is 1.82. The van der Waals surface area contributed by atoms with Gasteiger partial charge in [-0.25, -0.2) is 4.79 Å². The fourth-order valence-corrected chi connectivity index (χ4v) is 2.42. The van der Waals surface area contributed by atoms with Crippen molar-refractivity contribution in [2.24, 2.45) is 0 Å². The van der Waals surface area contributed by atoms with E-state index in [1.54, 1.807) is 12.1 Å². The maximum absolute atomic E-state index is 11.2. The lowest BCUT2D eigenvalue weighted by molar-refractivity contribution is -0.402. The second-order valence-electron chi connectivity index (χ2n) is 4.31. The third-order valence-corrected chi connectivity index (χ3v) is 3.54. The Morgan fingerprint density at radius 2 is 2.00 bits per heavy atom. The van der Waals surface area contributed by atoms with E-state index in [2.05, 4.69) is 31.2 Å². The van der Waals surface area contributed by atoms with Gasteiger partial charge in [0.05, 0.1) is 29.3 Å². The number of benzene rings is 1. The number of nitrogens with zero attached hydrogens (tertiary/aromatic N) is 1. The van der Waals surface area contributed by atoms with Crippen molar-refractivity contribution in [2.75, 3.05) is 5.32 Å². The first-order chi connectivity index (χ1) is 10.0. The van der Waals surface area contributed by atoms with Gasteiger partial charge >= 0.3 is 11.6 Å². The van der Waals surface area contributed by atoms with E-state index in [0.29, 0.717) is 16.8 Å². The number of furan rings is 1. The highest BCUT2D eigenvalue weighted by atomic mass is 79.9. The minimum Gasteiger partial charge on any atom is -0.404 e. The molecule has 2 aromatic heterocycles. The molecule has 0 radical (unpaired) electrons. The van der Waals surface area contributed by atoms with E-state index < -0.39 is 4.92 Å². The van der Waals surface area contributed by atoms with Gasteiger partial charge in [-0.2, -0.15) is 0 Å². The second-order valence-corrected chi connectivity index (χ2v) is 5.16. The number of nitro groups is 1. The molecular weight excluding hydrogens is 344 g/mol. The largest absolute Gasteiger partial charge is 0.433 e. The van der Waals surface area contributed by atoms with Crippen molar-refractivity contribution >= 4 is 38.5 Å². The monoisotopic (exact) mass is 352 g/mol. The molecule has 1 aromatic carbocycles. The van der Waals surface area contributed by atoms with Gasteiger partial charge in [0.1, 0.15) is 10.7 Å². The summed E-state index contributed by atoms with van der Waals surface area (Å²) < 4.78 is 5.81. The van der Waals surface area contributed by atoms with E-state index in [1.165, 1.54) is 12.1 Å². The molecule has 3 N–H and O–H groups in total. The summed E-state index contributed by atoms with van der Waals surface area (Å²) in [5, 5.41) is 13.6. The lowest BCUT2D eigenvalue weighted by Crippen LogP contribution is -1.99. The van der Waals surface area contributed by atoms with Crippen LogP contribution in [0.25, 0.3) is 11.0 Å². The van der Waals surface area contributed by atoms with Crippen LogP contribution in [0.3, 0.4) is 0 Å². The second kappa shape index (κ2) is 5.09. The highest BCUT2D eigenvalue weighted by Crippen LogP contribution is 2.27. The molecule has 0 saturated carbocycles. The van der Waals surface area contributed by atoms with Gasteiger partial charge in [-0.1, -0.05) is 0 Å². The molecule has 3 rings (SSSR count). The molecule has 0 aliphatic carbocycles. The highest BCUT2D eigenvalue weighted by Gasteiger charge is 2.12. The van der Waals surface area contributed by atoms with Crippen LogP contribution in [0.2, 0.25) is 0 Å². The van der Waals surface area contributed by atoms with Gasteiger partial charge in [-0.3, -0.25) is 10.1 Å². The Labute approximate surface area is 125 Å². The van der Waals surface area contributed by atoms with Crippen LogP contribution in [0.4, 0.5) is 11.6 Å². The van der Waals surface area contributed by atoms with Crippen molar-refractivity contribution in [3.05, 3.63) is 55.1 Å². The van der Waals surface area contributed by atoms with E-state index in [4.69, 9.17) is 4.42 Å². The van der Waals surface area contributed by atoms with Crippen molar-refractivity contribution in [3.8, 4) is 0 Å². The number of rotatable bonds is 4. The van der Waals surface area contributed by atoms with Gasteiger partial charge in [-0.15, -0.1) is 0 Å². The van der Waals surface area contributed by atoms with Crippen LogP contribution in [0.15, 0.2) is 37.9 Å². The molecule has 8 nitrogen and oxygen atoms in total. The quantitative estimate of drug-likeness (QED) is 0.492. The number of hydrogen-bond acceptors (Lipinski definition) is 5. The molecular formula is C12H9BrN4O4. The third kappa shape index (κ3) is 2.68. The molecule has 0 bridgehead atoms. The van der Waals surface area contributed by atoms with Crippen LogP contribution in [-0.2, 0) is 6.54 Å². The lowest BCUT2D eigenvalue weighted by Gasteiger charge is -2.06. The van der Waals surface area contributed by atoms with Crippen LogP contribution in [0.1, 0.15) is 5.76 Å². The summed E-state index contributed by atoms with van der Waals surface area (Å²) in [7, 11) is 0. The summed E-state index contributed by atoms with van der Waals surface area (Å²) in [6.07, 6.45) is 0. The molecule has 0 atom stereocenters. The molecule has 0 fully saturated rings. The number of H-pyrrole nitrogens is 2. The average molecular weight is 353 g/mol. The van der Waals surface area contributed by atoms with Gasteiger partial charge in [0.15, 0.2) is 0 Å².